The molecule has 5 nitrogen and oxygen atoms in total. The van der Waals surface area contributed by atoms with Crippen molar-refractivity contribution < 1.29 is 14.3 Å². The summed E-state index contributed by atoms with van der Waals surface area (Å²) in [5, 5.41) is 5.35. The van der Waals surface area contributed by atoms with E-state index in [-0.39, 0.29) is 11.8 Å². The zero-order valence-electron chi connectivity index (χ0n) is 12.1. The molecule has 0 bridgehead atoms. The van der Waals surface area contributed by atoms with Crippen LogP contribution in [-0.2, 0) is 11.2 Å². The average molecular weight is 296 g/mol. The van der Waals surface area contributed by atoms with Gasteiger partial charge in [0.2, 0.25) is 0 Å². The Morgan fingerprint density at radius 1 is 1.14 bits per heavy atom. The van der Waals surface area contributed by atoms with Crippen molar-refractivity contribution in [3.05, 3.63) is 59.7 Å². The molecule has 2 aromatic rings. The molecular weight excluding hydrogens is 280 g/mol. The molecule has 1 atom stereocenters. The highest BCUT2D eigenvalue weighted by Crippen LogP contribution is 2.28. The third-order valence-corrected chi connectivity index (χ3v) is 3.56. The topological polar surface area (TPSA) is 67.4 Å². The van der Waals surface area contributed by atoms with Gasteiger partial charge < -0.3 is 15.4 Å². The molecule has 22 heavy (non-hydrogen) atoms. The van der Waals surface area contributed by atoms with Gasteiger partial charge in [0.05, 0.1) is 0 Å². The molecule has 0 unspecified atom stereocenters. The lowest BCUT2D eigenvalue weighted by molar-refractivity contribution is -0.122. The number of rotatable bonds is 3. The van der Waals surface area contributed by atoms with Crippen molar-refractivity contribution in [2.45, 2.75) is 12.5 Å². The van der Waals surface area contributed by atoms with Crippen molar-refractivity contribution in [3.8, 4) is 5.75 Å². The van der Waals surface area contributed by atoms with Gasteiger partial charge in [0, 0.05) is 24.7 Å². The first kappa shape index (κ1) is 14.1. The van der Waals surface area contributed by atoms with E-state index in [0.717, 1.165) is 11.3 Å². The number of ether oxygens (including phenoxy) is 1. The summed E-state index contributed by atoms with van der Waals surface area (Å²) in [7, 11) is 1.57. The van der Waals surface area contributed by atoms with E-state index in [1.54, 1.807) is 31.3 Å². The SMILES string of the molecule is CNC(=O)c1cccc(NC(=O)[C@@H]2Cc3ccccc3O2)c1. The quantitative estimate of drug-likeness (QED) is 0.910. The van der Waals surface area contributed by atoms with Gasteiger partial charge in [0.25, 0.3) is 11.8 Å². The Balaban J connectivity index is 1.69. The fraction of sp³-hybridized carbons (Fsp3) is 0.176. The number of para-hydroxylation sites is 1. The fourth-order valence-corrected chi connectivity index (χ4v) is 2.43. The van der Waals surface area contributed by atoms with Gasteiger partial charge in [0.1, 0.15) is 5.75 Å². The molecule has 0 saturated carbocycles. The monoisotopic (exact) mass is 296 g/mol. The number of nitrogens with one attached hydrogen (secondary N) is 2. The molecule has 2 N–H and O–H groups in total. The summed E-state index contributed by atoms with van der Waals surface area (Å²) in [4.78, 5) is 23.9. The number of hydrogen-bond donors (Lipinski definition) is 2. The Kier molecular flexibility index (Phi) is 3.78. The second kappa shape index (κ2) is 5.89. The predicted molar refractivity (Wildman–Crippen MR) is 83.0 cm³/mol. The van der Waals surface area contributed by atoms with Crippen LogP contribution in [0.5, 0.6) is 5.75 Å². The highest BCUT2D eigenvalue weighted by molar-refractivity contribution is 5.98. The summed E-state index contributed by atoms with van der Waals surface area (Å²) in [6.07, 6.45) is 0.0120. The number of amides is 2. The summed E-state index contributed by atoms with van der Waals surface area (Å²) < 4.78 is 5.65. The van der Waals surface area contributed by atoms with E-state index in [2.05, 4.69) is 10.6 Å². The molecule has 5 heteroatoms. The van der Waals surface area contributed by atoms with Crippen molar-refractivity contribution in [1.82, 2.24) is 5.32 Å². The van der Waals surface area contributed by atoms with Crippen molar-refractivity contribution in [1.29, 1.82) is 0 Å². The predicted octanol–water partition coefficient (Wildman–Crippen LogP) is 1.99. The highest BCUT2D eigenvalue weighted by Gasteiger charge is 2.28. The number of benzene rings is 2. The maximum atomic E-state index is 12.3. The maximum absolute atomic E-state index is 12.3. The van der Waals surface area contributed by atoms with E-state index in [0.29, 0.717) is 17.7 Å². The third kappa shape index (κ3) is 2.79. The lowest BCUT2D eigenvalue weighted by Crippen LogP contribution is -2.31. The van der Waals surface area contributed by atoms with Crippen LogP contribution in [0.1, 0.15) is 15.9 Å². The third-order valence-electron chi connectivity index (χ3n) is 3.56. The van der Waals surface area contributed by atoms with Crippen LogP contribution >= 0.6 is 0 Å². The molecule has 2 amide bonds. The standard InChI is InChI=1S/C17H16N2O3/c1-18-16(20)12-6-4-7-13(9-12)19-17(21)15-10-11-5-2-3-8-14(11)22-15/h2-9,15H,10H2,1H3,(H,18,20)(H,19,21)/t15-/m0/s1. The molecule has 0 saturated heterocycles. The van der Waals surface area contributed by atoms with E-state index in [9.17, 15) is 9.59 Å². The van der Waals surface area contributed by atoms with Crippen LogP contribution in [0.2, 0.25) is 0 Å². The summed E-state index contributed by atoms with van der Waals surface area (Å²) in [5.74, 6) is 0.340. The summed E-state index contributed by atoms with van der Waals surface area (Å²) in [6, 6.07) is 14.4. The molecule has 1 aliphatic heterocycles. The molecule has 0 aromatic heterocycles. The Morgan fingerprint density at radius 3 is 2.73 bits per heavy atom. The van der Waals surface area contributed by atoms with Crippen LogP contribution in [-0.4, -0.2) is 25.0 Å². The molecule has 1 aliphatic rings. The van der Waals surface area contributed by atoms with Gasteiger partial charge in [-0.15, -0.1) is 0 Å². The summed E-state index contributed by atoms with van der Waals surface area (Å²) in [6.45, 7) is 0. The minimum atomic E-state index is -0.541. The molecule has 0 spiro atoms. The molecule has 0 aliphatic carbocycles. The number of anilines is 1. The Hall–Kier alpha value is -2.82. The Morgan fingerprint density at radius 2 is 1.95 bits per heavy atom. The second-order valence-corrected chi connectivity index (χ2v) is 5.07. The van der Waals surface area contributed by atoms with Crippen LogP contribution in [0, 0.1) is 0 Å². The minimum Gasteiger partial charge on any atom is -0.480 e. The normalized spacial score (nSPS) is 15.6. The van der Waals surface area contributed by atoms with Crippen LogP contribution < -0.4 is 15.4 Å². The zero-order valence-corrected chi connectivity index (χ0v) is 12.1. The molecule has 112 valence electrons. The number of carbonyl (C=O) groups is 2. The van der Waals surface area contributed by atoms with E-state index in [4.69, 9.17) is 4.74 Å². The van der Waals surface area contributed by atoms with Gasteiger partial charge in [-0.05, 0) is 29.8 Å². The first-order valence-corrected chi connectivity index (χ1v) is 7.05. The van der Waals surface area contributed by atoms with E-state index in [1.165, 1.54) is 0 Å². The molecule has 3 rings (SSSR count). The lowest BCUT2D eigenvalue weighted by Gasteiger charge is -2.12. The van der Waals surface area contributed by atoms with Crippen LogP contribution in [0.3, 0.4) is 0 Å². The maximum Gasteiger partial charge on any atom is 0.265 e. The zero-order chi connectivity index (χ0) is 15.5. The van der Waals surface area contributed by atoms with Gasteiger partial charge in [0.15, 0.2) is 6.10 Å². The van der Waals surface area contributed by atoms with E-state index in [1.807, 2.05) is 24.3 Å². The van der Waals surface area contributed by atoms with Gasteiger partial charge in [-0.25, -0.2) is 0 Å². The summed E-state index contributed by atoms with van der Waals surface area (Å²) in [5.41, 5.74) is 2.10. The lowest BCUT2D eigenvalue weighted by atomic mass is 10.1. The molecule has 0 fully saturated rings. The van der Waals surface area contributed by atoms with E-state index < -0.39 is 6.10 Å². The smallest absolute Gasteiger partial charge is 0.265 e. The van der Waals surface area contributed by atoms with Gasteiger partial charge in [-0.3, -0.25) is 9.59 Å². The van der Waals surface area contributed by atoms with Crippen LogP contribution in [0.25, 0.3) is 0 Å². The molecule has 0 radical (unpaired) electrons. The Labute approximate surface area is 128 Å². The first-order chi connectivity index (χ1) is 10.7. The van der Waals surface area contributed by atoms with Gasteiger partial charge in [-0.1, -0.05) is 24.3 Å². The van der Waals surface area contributed by atoms with Gasteiger partial charge in [-0.2, -0.15) is 0 Å². The Bertz CT molecular complexity index is 702. The number of carbonyl (C=O) groups excluding carboxylic acids is 2. The summed E-state index contributed by atoms with van der Waals surface area (Å²) >= 11 is 0. The van der Waals surface area contributed by atoms with Crippen molar-refractivity contribution in [2.24, 2.45) is 0 Å². The number of hydrogen-bond acceptors (Lipinski definition) is 3. The fourth-order valence-electron chi connectivity index (χ4n) is 2.43. The second-order valence-electron chi connectivity index (χ2n) is 5.07. The largest absolute Gasteiger partial charge is 0.480 e. The van der Waals surface area contributed by atoms with Crippen LogP contribution in [0.15, 0.2) is 48.5 Å². The van der Waals surface area contributed by atoms with E-state index >= 15 is 0 Å². The van der Waals surface area contributed by atoms with Crippen LogP contribution in [0.4, 0.5) is 5.69 Å². The minimum absolute atomic E-state index is 0.194. The molecule has 2 aromatic carbocycles. The van der Waals surface area contributed by atoms with Crippen molar-refractivity contribution in [3.63, 3.8) is 0 Å². The average Bonchev–Trinajstić information content (AvgIpc) is 2.98. The van der Waals surface area contributed by atoms with Crippen molar-refractivity contribution >= 4 is 17.5 Å². The first-order valence-electron chi connectivity index (χ1n) is 7.05. The molecular formula is C17H16N2O3. The number of fused-ring (bicyclic) bond motifs is 1. The van der Waals surface area contributed by atoms with Crippen molar-refractivity contribution in [2.75, 3.05) is 12.4 Å². The molecule has 1 heterocycles. The van der Waals surface area contributed by atoms with Gasteiger partial charge >= 0.3 is 0 Å². The highest BCUT2D eigenvalue weighted by atomic mass is 16.5.